The molecule has 0 spiro atoms. The third-order valence-electron chi connectivity index (χ3n) is 5.55. The zero-order valence-electron chi connectivity index (χ0n) is 24.0. The van der Waals surface area contributed by atoms with Crippen molar-refractivity contribution in [2.24, 2.45) is 0 Å². The predicted molar refractivity (Wildman–Crippen MR) is 142 cm³/mol. The highest BCUT2D eigenvalue weighted by atomic mass is 28.4. The molecule has 0 rings (SSSR count). The van der Waals surface area contributed by atoms with E-state index in [1.807, 2.05) is 0 Å². The van der Waals surface area contributed by atoms with Gasteiger partial charge in [0.15, 0.2) is 8.32 Å². The first-order chi connectivity index (χ1) is 17.7. The first-order valence-electron chi connectivity index (χ1n) is 13.0. The summed E-state index contributed by atoms with van der Waals surface area (Å²) in [5.74, 6) is -0.403. The number of ether oxygens (including phenoxy) is 9. The maximum atomic E-state index is 10.8. The van der Waals surface area contributed by atoms with Gasteiger partial charge in [-0.1, -0.05) is 20.8 Å². The van der Waals surface area contributed by atoms with Crippen LogP contribution in [0, 0.1) is 0 Å². The second-order valence-corrected chi connectivity index (χ2v) is 14.3. The van der Waals surface area contributed by atoms with E-state index in [-0.39, 0.29) is 11.6 Å². The Hall–Kier alpha value is -0.673. The summed E-state index contributed by atoms with van der Waals surface area (Å²) in [6.45, 7) is 19.1. The second-order valence-electron chi connectivity index (χ2n) is 9.52. The van der Waals surface area contributed by atoms with Gasteiger partial charge in [0.2, 0.25) is 0 Å². The summed E-state index contributed by atoms with van der Waals surface area (Å²) in [5.41, 5.74) is 0. The van der Waals surface area contributed by atoms with Gasteiger partial charge in [-0.05, 0) is 18.1 Å². The fraction of sp³-hybridized carbons (Fsp3) is 0.960. The molecular formula is C25H52O11Si. The Balaban J connectivity index is 3.16. The van der Waals surface area contributed by atoms with Crippen molar-refractivity contribution < 1.29 is 51.9 Å². The van der Waals surface area contributed by atoms with Crippen molar-refractivity contribution in [3.8, 4) is 0 Å². The molecule has 0 aromatic carbocycles. The van der Waals surface area contributed by atoms with Crippen LogP contribution in [-0.4, -0.2) is 134 Å². The summed E-state index contributed by atoms with van der Waals surface area (Å²) in [4.78, 5) is 10.8. The molecule has 0 saturated heterocycles. The molecule has 37 heavy (non-hydrogen) atoms. The molecule has 0 aromatic rings. The van der Waals surface area contributed by atoms with Crippen molar-refractivity contribution in [1.82, 2.24) is 0 Å². The Morgan fingerprint density at radius 3 is 1.05 bits per heavy atom. The van der Waals surface area contributed by atoms with E-state index in [1.54, 1.807) is 0 Å². The number of hydrogen-bond donors (Lipinski definition) is 0. The van der Waals surface area contributed by atoms with E-state index < -0.39 is 14.3 Å². The van der Waals surface area contributed by atoms with Crippen LogP contribution in [0.4, 0.5) is 0 Å². The number of rotatable bonds is 27. The van der Waals surface area contributed by atoms with E-state index in [9.17, 15) is 4.79 Å². The van der Waals surface area contributed by atoms with Crippen molar-refractivity contribution in [2.45, 2.75) is 38.9 Å². The van der Waals surface area contributed by atoms with Crippen LogP contribution in [0.5, 0.6) is 0 Å². The van der Waals surface area contributed by atoms with Gasteiger partial charge in [0.1, 0.15) is 6.61 Å². The van der Waals surface area contributed by atoms with Crippen molar-refractivity contribution in [3.63, 3.8) is 0 Å². The summed E-state index contributed by atoms with van der Waals surface area (Å²) >= 11 is 0. The summed E-state index contributed by atoms with van der Waals surface area (Å²) in [6, 6.07) is 0. The number of carbonyl (C=O) groups is 1. The average molecular weight is 557 g/mol. The lowest BCUT2D eigenvalue weighted by Gasteiger charge is -2.36. The van der Waals surface area contributed by atoms with Crippen LogP contribution in [0.25, 0.3) is 0 Å². The first-order valence-corrected chi connectivity index (χ1v) is 15.9. The van der Waals surface area contributed by atoms with Crippen LogP contribution in [0.1, 0.15) is 20.8 Å². The average Bonchev–Trinajstić information content (AvgIpc) is 2.85. The van der Waals surface area contributed by atoms with Crippen LogP contribution in [0.2, 0.25) is 18.1 Å². The van der Waals surface area contributed by atoms with Crippen LogP contribution in [0.15, 0.2) is 0 Å². The molecule has 0 aromatic heterocycles. The largest absolute Gasteiger partial charge is 0.467 e. The lowest BCUT2D eigenvalue weighted by atomic mass is 10.2. The zero-order valence-corrected chi connectivity index (χ0v) is 25.0. The Labute approximate surface area is 224 Å². The molecule has 0 unspecified atom stereocenters. The standard InChI is InChI=1S/C25H52O11Si/c1-25(2,3)37(5,6)36-22-21-34-18-17-32-14-13-30-10-9-28-7-8-29-11-12-31-15-16-33-19-20-35-23-24(26)27-4/h7-23H2,1-6H3. The van der Waals surface area contributed by atoms with Gasteiger partial charge in [0.05, 0.1) is 113 Å². The van der Waals surface area contributed by atoms with Crippen molar-refractivity contribution in [1.29, 1.82) is 0 Å². The molecule has 12 heteroatoms. The first kappa shape index (κ1) is 36.3. The molecule has 0 amide bonds. The summed E-state index contributed by atoms with van der Waals surface area (Å²) in [6.07, 6.45) is 0. The minimum absolute atomic E-state index is 0.0645. The van der Waals surface area contributed by atoms with Crippen molar-refractivity contribution >= 4 is 14.3 Å². The number of hydrogen-bond acceptors (Lipinski definition) is 11. The number of carbonyl (C=O) groups excluding carboxylic acids is 1. The van der Waals surface area contributed by atoms with Gasteiger partial charge >= 0.3 is 5.97 Å². The van der Waals surface area contributed by atoms with Gasteiger partial charge in [0, 0.05) is 0 Å². The minimum Gasteiger partial charge on any atom is -0.467 e. The highest BCUT2D eigenvalue weighted by molar-refractivity contribution is 6.74. The zero-order chi connectivity index (χ0) is 27.7. The van der Waals surface area contributed by atoms with Crippen LogP contribution >= 0.6 is 0 Å². The SMILES string of the molecule is COC(=O)COCCOCCOCCOCCOCCOCCOCCOCCO[Si](C)(C)C(C)(C)C. The van der Waals surface area contributed by atoms with Gasteiger partial charge in [0.25, 0.3) is 0 Å². The normalized spacial score (nSPS) is 12.3. The van der Waals surface area contributed by atoms with E-state index in [0.717, 1.165) is 0 Å². The molecular weight excluding hydrogens is 504 g/mol. The summed E-state index contributed by atoms with van der Waals surface area (Å²) in [7, 11) is -0.375. The molecule has 0 aliphatic carbocycles. The molecule has 0 atom stereocenters. The van der Waals surface area contributed by atoms with Crippen LogP contribution in [0.3, 0.4) is 0 Å². The van der Waals surface area contributed by atoms with Gasteiger partial charge in [-0.3, -0.25) is 0 Å². The lowest BCUT2D eigenvalue weighted by Crippen LogP contribution is -2.41. The lowest BCUT2D eigenvalue weighted by molar-refractivity contribution is -0.146. The Morgan fingerprint density at radius 2 is 0.784 bits per heavy atom. The molecule has 0 saturated carbocycles. The van der Waals surface area contributed by atoms with E-state index >= 15 is 0 Å². The molecule has 0 aliphatic heterocycles. The minimum atomic E-state index is -1.69. The molecule has 0 heterocycles. The molecule has 0 radical (unpaired) electrons. The van der Waals surface area contributed by atoms with Crippen LogP contribution < -0.4 is 0 Å². The maximum absolute atomic E-state index is 10.8. The smallest absolute Gasteiger partial charge is 0.331 e. The highest BCUT2D eigenvalue weighted by Crippen LogP contribution is 2.36. The third kappa shape index (κ3) is 24.1. The monoisotopic (exact) mass is 556 g/mol. The van der Waals surface area contributed by atoms with Gasteiger partial charge in [-0.15, -0.1) is 0 Å². The molecule has 0 aliphatic rings. The topological polar surface area (TPSA) is 109 Å². The summed E-state index contributed by atoms with van der Waals surface area (Å²) in [5, 5.41) is 0.217. The fourth-order valence-corrected chi connectivity index (χ4v) is 3.35. The highest BCUT2D eigenvalue weighted by Gasteiger charge is 2.36. The van der Waals surface area contributed by atoms with E-state index in [2.05, 4.69) is 38.6 Å². The van der Waals surface area contributed by atoms with Gasteiger partial charge in [-0.25, -0.2) is 4.79 Å². The van der Waals surface area contributed by atoms with Crippen LogP contribution in [-0.2, 0) is 51.9 Å². The molecule has 222 valence electrons. The fourth-order valence-electron chi connectivity index (χ4n) is 2.33. The van der Waals surface area contributed by atoms with E-state index in [0.29, 0.717) is 106 Å². The number of esters is 1. The second kappa shape index (κ2) is 24.4. The molecule has 11 nitrogen and oxygen atoms in total. The van der Waals surface area contributed by atoms with Gasteiger partial charge in [-0.2, -0.15) is 0 Å². The Bertz CT molecular complexity index is 515. The Kier molecular flexibility index (Phi) is 23.9. The molecule has 0 fully saturated rings. The van der Waals surface area contributed by atoms with E-state index in [4.69, 9.17) is 42.3 Å². The predicted octanol–water partition coefficient (Wildman–Crippen LogP) is 2.31. The Morgan fingerprint density at radius 1 is 0.514 bits per heavy atom. The quantitative estimate of drug-likeness (QED) is 0.0845. The van der Waals surface area contributed by atoms with Crippen molar-refractivity contribution in [2.75, 3.05) is 119 Å². The van der Waals surface area contributed by atoms with Gasteiger partial charge < -0.3 is 47.1 Å². The molecule has 0 bridgehead atoms. The maximum Gasteiger partial charge on any atom is 0.331 e. The number of methoxy groups -OCH3 is 1. The van der Waals surface area contributed by atoms with E-state index in [1.165, 1.54) is 7.11 Å². The third-order valence-corrected chi connectivity index (χ3v) is 10.1. The molecule has 0 N–H and O–H groups in total. The summed E-state index contributed by atoms with van der Waals surface area (Å²) < 4.78 is 53.7. The van der Waals surface area contributed by atoms with Crippen molar-refractivity contribution in [3.05, 3.63) is 0 Å².